The Morgan fingerprint density at radius 2 is 1.51 bits per heavy atom. The van der Waals surface area contributed by atoms with Crippen LogP contribution in [0.2, 0.25) is 0 Å². The number of nitrogens with zero attached hydrogens (tertiary/aromatic N) is 3. The lowest BCUT2D eigenvalue weighted by Crippen LogP contribution is -2.55. The van der Waals surface area contributed by atoms with E-state index >= 15 is 0 Å². The van der Waals surface area contributed by atoms with Gasteiger partial charge in [0, 0.05) is 49.9 Å². The molecule has 0 radical (unpaired) electrons. The van der Waals surface area contributed by atoms with E-state index in [1.54, 1.807) is 0 Å². The van der Waals surface area contributed by atoms with Gasteiger partial charge < -0.3 is 13.5 Å². The molecule has 2 aliphatic rings. The third-order valence-corrected chi connectivity index (χ3v) is 10.5. The van der Waals surface area contributed by atoms with E-state index in [9.17, 15) is 0 Å². The summed E-state index contributed by atoms with van der Waals surface area (Å²) in [5.74, 6) is 0. The summed E-state index contributed by atoms with van der Waals surface area (Å²) in [6.07, 6.45) is 3.80. The second kappa shape index (κ2) is 7.93. The number of hydrogen-bond donors (Lipinski definition) is 0. The van der Waals surface area contributed by atoms with E-state index in [2.05, 4.69) is 121 Å². The van der Waals surface area contributed by atoms with Crippen molar-refractivity contribution in [2.75, 3.05) is 0 Å². The van der Waals surface area contributed by atoms with E-state index < -0.39 is 0 Å². The molecule has 11 rings (SSSR count). The van der Waals surface area contributed by atoms with Gasteiger partial charge >= 0.3 is 6.85 Å². The fourth-order valence-electron chi connectivity index (χ4n) is 8.99. The van der Waals surface area contributed by atoms with Gasteiger partial charge in [-0.05, 0) is 90.3 Å². The van der Waals surface area contributed by atoms with E-state index in [1.165, 1.54) is 88.0 Å². The number of aryl methyl sites for hydroxylation is 3. The van der Waals surface area contributed by atoms with Crippen LogP contribution in [-0.2, 0) is 0 Å². The van der Waals surface area contributed by atoms with Gasteiger partial charge in [0.25, 0.3) is 0 Å². The molecule has 0 unspecified atom stereocenters. The van der Waals surface area contributed by atoms with Crippen LogP contribution in [0.3, 0.4) is 0 Å². The fourth-order valence-corrected chi connectivity index (χ4v) is 8.99. The average molecular weight is 575 g/mol. The van der Waals surface area contributed by atoms with E-state index in [-0.39, 0.29) is 6.85 Å². The number of aromatic nitrogens is 3. The van der Waals surface area contributed by atoms with Crippen molar-refractivity contribution >= 4 is 72.4 Å². The minimum Gasteiger partial charge on any atom is -0.464 e. The second-order valence-corrected chi connectivity index (χ2v) is 13.0. The Labute approximate surface area is 259 Å². The predicted octanol–water partition coefficient (Wildman–Crippen LogP) is 8.57. The lowest BCUT2D eigenvalue weighted by molar-refractivity contribution is 0.617. The maximum Gasteiger partial charge on any atom is 0.333 e. The van der Waals surface area contributed by atoms with Gasteiger partial charge in [-0.25, -0.2) is 0 Å². The molecule has 9 aromatic rings. The van der Waals surface area contributed by atoms with Gasteiger partial charge in [0.1, 0.15) is 5.58 Å². The zero-order valence-corrected chi connectivity index (χ0v) is 25.1. The molecule has 0 saturated carbocycles. The van der Waals surface area contributed by atoms with Crippen LogP contribution < -0.4 is 10.9 Å². The molecule has 6 heterocycles. The van der Waals surface area contributed by atoms with Crippen molar-refractivity contribution in [2.45, 2.75) is 20.8 Å². The number of hydrogen-bond acceptors (Lipinski definition) is 2. The van der Waals surface area contributed by atoms with E-state index in [1.807, 2.05) is 12.5 Å². The second-order valence-electron chi connectivity index (χ2n) is 13.0. The summed E-state index contributed by atoms with van der Waals surface area (Å²) in [4.78, 5) is 5.12. The molecule has 4 nitrogen and oxygen atoms in total. The number of pyridine rings is 1. The maximum atomic E-state index is 6.29. The predicted molar refractivity (Wildman–Crippen MR) is 187 cm³/mol. The highest BCUT2D eigenvalue weighted by atomic mass is 16.3. The zero-order chi connectivity index (χ0) is 29.7. The van der Waals surface area contributed by atoms with Gasteiger partial charge in [-0.2, -0.15) is 0 Å². The number of fused-ring (bicyclic) bond motifs is 12. The molecule has 0 amide bonds. The van der Waals surface area contributed by atoms with Crippen LogP contribution in [0.1, 0.15) is 16.7 Å². The Morgan fingerprint density at radius 1 is 0.689 bits per heavy atom. The highest BCUT2D eigenvalue weighted by Crippen LogP contribution is 2.45. The topological polar surface area (TPSA) is 35.9 Å². The molecule has 0 spiro atoms. The molecule has 0 atom stereocenters. The van der Waals surface area contributed by atoms with Crippen LogP contribution in [-0.4, -0.2) is 20.9 Å². The lowest BCUT2D eigenvalue weighted by Gasteiger charge is -2.33. The molecule has 210 valence electrons. The van der Waals surface area contributed by atoms with Crippen LogP contribution in [0, 0.1) is 20.8 Å². The van der Waals surface area contributed by atoms with Crippen LogP contribution in [0.4, 0.5) is 0 Å². The van der Waals surface area contributed by atoms with Gasteiger partial charge in [0.15, 0.2) is 0 Å². The third kappa shape index (κ3) is 2.74. The molecule has 5 aromatic carbocycles. The Morgan fingerprint density at radius 3 is 2.40 bits per heavy atom. The number of rotatable bonds is 1. The molecule has 2 aliphatic heterocycles. The molecule has 0 N–H and O–H groups in total. The summed E-state index contributed by atoms with van der Waals surface area (Å²) in [7, 11) is 0. The largest absolute Gasteiger partial charge is 0.464 e. The van der Waals surface area contributed by atoms with Crippen molar-refractivity contribution in [3.05, 3.63) is 120 Å². The van der Waals surface area contributed by atoms with Gasteiger partial charge in [-0.3, -0.25) is 4.98 Å². The van der Waals surface area contributed by atoms with Crippen molar-refractivity contribution in [1.82, 2.24) is 14.0 Å². The molecule has 0 aliphatic carbocycles. The van der Waals surface area contributed by atoms with Crippen LogP contribution in [0.5, 0.6) is 0 Å². The normalized spacial score (nSPS) is 13.2. The SMILES string of the molecule is Cc1cc(C)c(-c2ccc3c(c2)c2ccnc4c2n3B2c3c(cc5ccoc5c3-4)-n3c4ccccc4c4cccc2c43)c(C)c1. The van der Waals surface area contributed by atoms with Gasteiger partial charge in [0.2, 0.25) is 0 Å². The van der Waals surface area contributed by atoms with E-state index in [0.29, 0.717) is 0 Å². The first-order chi connectivity index (χ1) is 22.1. The molecule has 4 aromatic heterocycles. The van der Waals surface area contributed by atoms with Crippen molar-refractivity contribution in [3.63, 3.8) is 0 Å². The van der Waals surface area contributed by atoms with Crippen molar-refractivity contribution in [2.24, 2.45) is 0 Å². The first-order valence-corrected chi connectivity index (χ1v) is 15.7. The zero-order valence-electron chi connectivity index (χ0n) is 25.1. The molecule has 0 fully saturated rings. The average Bonchev–Trinajstić information content (AvgIpc) is 3.74. The molecule has 0 bridgehead atoms. The number of furan rings is 1. The highest BCUT2D eigenvalue weighted by molar-refractivity contribution is 6.90. The molecule has 5 heteroatoms. The van der Waals surface area contributed by atoms with E-state index in [4.69, 9.17) is 9.40 Å². The summed E-state index contributed by atoms with van der Waals surface area (Å²) in [5.41, 5.74) is 18.2. The quantitative estimate of drug-likeness (QED) is 0.184. The molecular weight excluding hydrogens is 549 g/mol. The van der Waals surface area contributed by atoms with Crippen LogP contribution in [0.25, 0.3) is 82.7 Å². The summed E-state index contributed by atoms with van der Waals surface area (Å²) in [6, 6.07) is 33.9. The summed E-state index contributed by atoms with van der Waals surface area (Å²) < 4.78 is 11.4. The Bertz CT molecular complexity index is 2790. The Kier molecular flexibility index (Phi) is 4.21. The van der Waals surface area contributed by atoms with Crippen LogP contribution >= 0.6 is 0 Å². The van der Waals surface area contributed by atoms with Gasteiger partial charge in [-0.1, -0.05) is 60.2 Å². The van der Waals surface area contributed by atoms with Crippen molar-refractivity contribution in [3.8, 4) is 28.1 Å². The fraction of sp³-hybridized carbons (Fsp3) is 0.0750. The van der Waals surface area contributed by atoms with Crippen LogP contribution in [0.15, 0.2) is 108 Å². The summed E-state index contributed by atoms with van der Waals surface area (Å²) in [5, 5.41) is 6.16. The molecule has 45 heavy (non-hydrogen) atoms. The Hall–Kier alpha value is -5.55. The molecular formula is C40H26BN3O. The molecule has 0 saturated heterocycles. The lowest BCUT2D eigenvalue weighted by atomic mass is 9.46. The Balaban J connectivity index is 1.34. The van der Waals surface area contributed by atoms with Crippen molar-refractivity contribution in [1.29, 1.82) is 0 Å². The monoisotopic (exact) mass is 575 g/mol. The van der Waals surface area contributed by atoms with E-state index in [0.717, 1.165) is 22.2 Å². The number of para-hydroxylation sites is 2. The summed E-state index contributed by atoms with van der Waals surface area (Å²) in [6.45, 7) is 6.62. The summed E-state index contributed by atoms with van der Waals surface area (Å²) >= 11 is 0. The number of benzene rings is 5. The van der Waals surface area contributed by atoms with Gasteiger partial charge in [-0.15, -0.1) is 0 Å². The first kappa shape index (κ1) is 23.9. The highest BCUT2D eigenvalue weighted by Gasteiger charge is 2.43. The maximum absolute atomic E-state index is 6.29. The first-order valence-electron chi connectivity index (χ1n) is 15.7. The minimum atomic E-state index is -0.0181. The minimum absolute atomic E-state index is 0.0181. The third-order valence-electron chi connectivity index (χ3n) is 10.5. The van der Waals surface area contributed by atoms with Gasteiger partial charge in [0.05, 0.1) is 28.5 Å². The van der Waals surface area contributed by atoms with Crippen molar-refractivity contribution < 1.29 is 4.42 Å². The smallest absolute Gasteiger partial charge is 0.333 e. The standard InChI is InChI=1S/C40H26BN3O/c1-21-17-22(2)34(23(3)18-21)24-11-12-32-29(19-24)28-13-15-42-37-35-36-33(20-25-14-16-45-40(25)35)43-31-10-5-4-7-26(31)27-8-6-9-30(38(27)43)41(36)44(32)39(28)37/h4-20H,1-3H3.